The Labute approximate surface area is 110 Å². The number of nitrogens with two attached hydrogens (primary N) is 1. The normalized spacial score (nSPS) is 12.8. The van der Waals surface area contributed by atoms with E-state index in [0.29, 0.717) is 0 Å². The summed E-state index contributed by atoms with van der Waals surface area (Å²) in [5.74, 6) is 5.65. The predicted molar refractivity (Wildman–Crippen MR) is 73.8 cm³/mol. The van der Waals surface area contributed by atoms with Gasteiger partial charge in [0.2, 0.25) is 0 Å². The van der Waals surface area contributed by atoms with E-state index in [-0.39, 0.29) is 6.04 Å². The fourth-order valence-corrected chi connectivity index (χ4v) is 2.19. The first-order chi connectivity index (χ1) is 8.83. The van der Waals surface area contributed by atoms with Crippen LogP contribution >= 0.6 is 0 Å². The van der Waals surface area contributed by atoms with Crippen molar-refractivity contribution in [2.75, 3.05) is 0 Å². The first kappa shape index (κ1) is 15.1. The summed E-state index contributed by atoms with van der Waals surface area (Å²) in [4.78, 5) is 0. The molecule has 3 N–H and O–H groups in total. The number of hydrazine groups is 1. The fourth-order valence-electron chi connectivity index (χ4n) is 2.19. The topological polar surface area (TPSA) is 68.8 Å². The molecular formula is C13H27N5. The summed E-state index contributed by atoms with van der Waals surface area (Å²) in [6.07, 6.45) is 10.4. The highest BCUT2D eigenvalue weighted by Gasteiger charge is 2.14. The lowest BCUT2D eigenvalue weighted by molar-refractivity contribution is 0.435. The molecule has 0 amide bonds. The Hall–Kier alpha value is -0.940. The monoisotopic (exact) mass is 253 g/mol. The number of hydrogen-bond donors (Lipinski definition) is 2. The van der Waals surface area contributed by atoms with Gasteiger partial charge in [-0.05, 0) is 12.8 Å². The first-order valence-corrected chi connectivity index (χ1v) is 7.18. The zero-order chi connectivity index (χ0) is 13.2. The van der Waals surface area contributed by atoms with Crippen LogP contribution in [0.25, 0.3) is 0 Å². The summed E-state index contributed by atoms with van der Waals surface area (Å²) in [6, 6.07) is 0.174. The van der Waals surface area contributed by atoms with Crippen LogP contribution in [-0.4, -0.2) is 15.0 Å². The van der Waals surface area contributed by atoms with Crippen LogP contribution < -0.4 is 11.3 Å². The minimum atomic E-state index is 0.174. The summed E-state index contributed by atoms with van der Waals surface area (Å²) >= 11 is 0. The maximum Gasteiger partial charge on any atom is 0.0770 e. The Morgan fingerprint density at radius 2 is 2.00 bits per heavy atom. The molecule has 0 radical (unpaired) electrons. The van der Waals surface area contributed by atoms with Gasteiger partial charge in [-0.15, -0.1) is 5.10 Å². The van der Waals surface area contributed by atoms with Gasteiger partial charge in [0.05, 0.1) is 17.9 Å². The second-order valence-corrected chi connectivity index (χ2v) is 4.80. The molecule has 0 aliphatic rings. The molecule has 1 atom stereocenters. The van der Waals surface area contributed by atoms with E-state index in [1.54, 1.807) is 0 Å². The van der Waals surface area contributed by atoms with Gasteiger partial charge in [0, 0.05) is 6.54 Å². The molecule has 5 heteroatoms. The van der Waals surface area contributed by atoms with Crippen LogP contribution in [0.4, 0.5) is 0 Å². The number of unbranched alkanes of at least 4 members (excludes halogenated alkanes) is 4. The number of aromatic nitrogens is 3. The molecule has 0 bridgehead atoms. The number of nitrogens with zero attached hydrogens (tertiary/aromatic N) is 3. The van der Waals surface area contributed by atoms with Crippen molar-refractivity contribution in [2.45, 2.75) is 71.4 Å². The molecule has 1 unspecified atom stereocenters. The molecular weight excluding hydrogens is 226 g/mol. The van der Waals surface area contributed by atoms with Gasteiger partial charge >= 0.3 is 0 Å². The van der Waals surface area contributed by atoms with Crippen LogP contribution in [0.15, 0.2) is 6.20 Å². The number of aryl methyl sites for hydroxylation is 1. The van der Waals surface area contributed by atoms with E-state index < -0.39 is 0 Å². The zero-order valence-corrected chi connectivity index (χ0v) is 11.7. The molecule has 1 aromatic rings. The summed E-state index contributed by atoms with van der Waals surface area (Å²) in [5, 5.41) is 8.09. The van der Waals surface area contributed by atoms with E-state index in [2.05, 4.69) is 29.6 Å². The van der Waals surface area contributed by atoms with E-state index in [1.807, 2.05) is 10.9 Å². The summed E-state index contributed by atoms with van der Waals surface area (Å²) in [5.41, 5.74) is 4.00. The molecule has 18 heavy (non-hydrogen) atoms. The Kier molecular flexibility index (Phi) is 7.60. The highest BCUT2D eigenvalue weighted by atomic mass is 15.4. The molecule has 0 aromatic carbocycles. The molecule has 5 nitrogen and oxygen atoms in total. The second-order valence-electron chi connectivity index (χ2n) is 4.80. The molecule has 104 valence electrons. The third-order valence-electron chi connectivity index (χ3n) is 3.24. The van der Waals surface area contributed by atoms with Crippen LogP contribution in [0.5, 0.6) is 0 Å². The van der Waals surface area contributed by atoms with Crippen molar-refractivity contribution in [3.8, 4) is 0 Å². The van der Waals surface area contributed by atoms with E-state index in [1.165, 1.54) is 32.1 Å². The van der Waals surface area contributed by atoms with Gasteiger partial charge in [0.1, 0.15) is 0 Å². The molecule has 0 aliphatic carbocycles. The van der Waals surface area contributed by atoms with Crippen molar-refractivity contribution in [1.82, 2.24) is 20.4 Å². The van der Waals surface area contributed by atoms with Gasteiger partial charge < -0.3 is 0 Å². The minimum Gasteiger partial charge on any atom is -0.271 e. The van der Waals surface area contributed by atoms with Crippen LogP contribution in [-0.2, 0) is 6.54 Å². The molecule has 0 saturated carbocycles. The highest BCUT2D eigenvalue weighted by molar-refractivity contribution is 5.01. The van der Waals surface area contributed by atoms with Crippen molar-refractivity contribution in [1.29, 1.82) is 0 Å². The van der Waals surface area contributed by atoms with Crippen LogP contribution in [0.2, 0.25) is 0 Å². The molecule has 1 rings (SSSR count). The van der Waals surface area contributed by atoms with Crippen molar-refractivity contribution in [3.63, 3.8) is 0 Å². The highest BCUT2D eigenvalue weighted by Crippen LogP contribution is 2.18. The van der Waals surface area contributed by atoms with Crippen molar-refractivity contribution < 1.29 is 0 Å². The Bertz CT molecular complexity index is 310. The molecule has 0 saturated heterocycles. The van der Waals surface area contributed by atoms with Crippen molar-refractivity contribution in [2.24, 2.45) is 5.84 Å². The minimum absolute atomic E-state index is 0.174. The Morgan fingerprint density at radius 3 is 2.67 bits per heavy atom. The molecule has 0 spiro atoms. The van der Waals surface area contributed by atoms with Gasteiger partial charge in [-0.1, -0.05) is 51.2 Å². The van der Waals surface area contributed by atoms with Gasteiger partial charge in [-0.25, -0.2) is 4.68 Å². The maximum absolute atomic E-state index is 5.65. The van der Waals surface area contributed by atoms with E-state index in [0.717, 1.165) is 25.1 Å². The number of nitrogens with one attached hydrogen (secondary N) is 1. The fraction of sp³-hybridized carbons (Fsp3) is 0.846. The summed E-state index contributed by atoms with van der Waals surface area (Å²) in [6.45, 7) is 5.28. The summed E-state index contributed by atoms with van der Waals surface area (Å²) in [7, 11) is 0. The standard InChI is InChI=1S/C13H27N5/c1-3-5-6-7-8-9-12(16-14)13-11-15-17-18(13)10-4-2/h11-12,16H,3-10,14H2,1-2H3. The van der Waals surface area contributed by atoms with Crippen LogP contribution in [0.1, 0.15) is 70.5 Å². The first-order valence-electron chi connectivity index (χ1n) is 7.18. The number of hydrogen-bond acceptors (Lipinski definition) is 4. The van der Waals surface area contributed by atoms with Crippen molar-refractivity contribution >= 4 is 0 Å². The Balaban J connectivity index is 2.41. The lowest BCUT2D eigenvalue weighted by Crippen LogP contribution is -2.30. The zero-order valence-electron chi connectivity index (χ0n) is 11.7. The molecule has 0 aliphatic heterocycles. The molecule has 1 aromatic heterocycles. The van der Waals surface area contributed by atoms with Gasteiger partial charge in [-0.2, -0.15) is 0 Å². The largest absolute Gasteiger partial charge is 0.271 e. The molecule has 0 fully saturated rings. The maximum atomic E-state index is 5.65. The Morgan fingerprint density at radius 1 is 1.22 bits per heavy atom. The van der Waals surface area contributed by atoms with Gasteiger partial charge in [0.25, 0.3) is 0 Å². The average molecular weight is 253 g/mol. The van der Waals surface area contributed by atoms with E-state index >= 15 is 0 Å². The van der Waals surface area contributed by atoms with E-state index in [4.69, 9.17) is 5.84 Å². The lowest BCUT2D eigenvalue weighted by atomic mass is 10.0. The van der Waals surface area contributed by atoms with E-state index in [9.17, 15) is 0 Å². The number of rotatable bonds is 10. The quantitative estimate of drug-likeness (QED) is 0.382. The average Bonchev–Trinajstić information content (AvgIpc) is 2.83. The third kappa shape index (κ3) is 4.74. The van der Waals surface area contributed by atoms with Gasteiger partial charge in [0.15, 0.2) is 0 Å². The van der Waals surface area contributed by atoms with Crippen LogP contribution in [0, 0.1) is 0 Å². The third-order valence-corrected chi connectivity index (χ3v) is 3.24. The smallest absolute Gasteiger partial charge is 0.0770 e. The lowest BCUT2D eigenvalue weighted by Gasteiger charge is -2.16. The van der Waals surface area contributed by atoms with Crippen molar-refractivity contribution in [3.05, 3.63) is 11.9 Å². The summed E-state index contributed by atoms with van der Waals surface area (Å²) < 4.78 is 1.95. The molecule has 1 heterocycles. The second kappa shape index (κ2) is 9.05. The SMILES string of the molecule is CCCCCCCC(NN)c1cnnn1CCC. The predicted octanol–water partition coefficient (Wildman–Crippen LogP) is 2.55. The van der Waals surface area contributed by atoms with Gasteiger partial charge in [-0.3, -0.25) is 11.3 Å². The van der Waals surface area contributed by atoms with Crippen LogP contribution in [0.3, 0.4) is 0 Å².